The number of hydrogen-bond acceptors (Lipinski definition) is 7. The Bertz CT molecular complexity index is 1000. The van der Waals surface area contributed by atoms with E-state index in [0.717, 1.165) is 6.07 Å². The molecule has 0 bridgehead atoms. The number of sulfonamides is 1. The lowest BCUT2D eigenvalue weighted by Crippen LogP contribution is -2.48. The molecule has 148 valence electrons. The molecule has 1 heterocycles. The summed E-state index contributed by atoms with van der Waals surface area (Å²) in [6, 6.07) is 11.4. The summed E-state index contributed by atoms with van der Waals surface area (Å²) in [4.78, 5) is 22.8. The Labute approximate surface area is 161 Å². The van der Waals surface area contributed by atoms with Crippen molar-refractivity contribution < 1.29 is 18.3 Å². The fourth-order valence-corrected chi connectivity index (χ4v) is 4.56. The fraction of sp³-hybridized carbons (Fsp3) is 0.294. The van der Waals surface area contributed by atoms with Gasteiger partial charge in [0.1, 0.15) is 0 Å². The zero-order chi connectivity index (χ0) is 20.3. The molecular weight excluding hydrogens is 388 g/mol. The Balaban J connectivity index is 1.69. The second-order valence-corrected chi connectivity index (χ2v) is 8.26. The number of rotatable bonds is 6. The Hall–Kier alpha value is -2.89. The van der Waals surface area contributed by atoms with E-state index in [9.17, 15) is 28.6 Å². The first kappa shape index (κ1) is 19.9. The maximum absolute atomic E-state index is 12.8. The summed E-state index contributed by atoms with van der Waals surface area (Å²) in [6.45, 7) is 1.56. The van der Waals surface area contributed by atoms with Crippen molar-refractivity contribution in [2.75, 3.05) is 26.2 Å². The summed E-state index contributed by atoms with van der Waals surface area (Å²) < 4.78 is 26.8. The van der Waals surface area contributed by atoms with Crippen molar-refractivity contribution in [2.24, 2.45) is 0 Å². The predicted octanol–water partition coefficient (Wildman–Crippen LogP) is 2.01. The first-order valence-electron chi connectivity index (χ1n) is 8.48. The second kappa shape index (κ2) is 8.00. The predicted molar refractivity (Wildman–Crippen MR) is 100 cm³/mol. The van der Waals surface area contributed by atoms with Crippen LogP contribution in [0.4, 0.5) is 11.4 Å². The van der Waals surface area contributed by atoms with E-state index in [1.807, 2.05) is 4.90 Å². The van der Waals surface area contributed by atoms with E-state index in [1.54, 1.807) is 18.2 Å². The van der Waals surface area contributed by atoms with E-state index in [0.29, 0.717) is 25.2 Å². The number of nitro benzene ring substituents is 2. The topological polar surface area (TPSA) is 127 Å². The molecule has 0 amide bonds. The highest BCUT2D eigenvalue weighted by molar-refractivity contribution is 7.89. The zero-order valence-electron chi connectivity index (χ0n) is 14.8. The van der Waals surface area contributed by atoms with Crippen LogP contribution in [0.5, 0.6) is 0 Å². The lowest BCUT2D eigenvalue weighted by Gasteiger charge is -2.33. The minimum absolute atomic E-state index is 0.0362. The molecule has 10 nitrogen and oxygen atoms in total. The van der Waals surface area contributed by atoms with Gasteiger partial charge in [0.25, 0.3) is 11.4 Å². The average Bonchev–Trinajstić information content (AvgIpc) is 2.69. The van der Waals surface area contributed by atoms with E-state index in [2.05, 4.69) is 0 Å². The monoisotopic (exact) mass is 406 g/mol. The lowest BCUT2D eigenvalue weighted by atomic mass is 10.1. The van der Waals surface area contributed by atoms with Crippen molar-refractivity contribution in [1.29, 1.82) is 0 Å². The molecule has 1 aliphatic heterocycles. The van der Waals surface area contributed by atoms with Gasteiger partial charge in [0, 0.05) is 56.5 Å². The molecule has 0 aliphatic carbocycles. The third-order valence-electron chi connectivity index (χ3n) is 4.58. The first-order valence-corrected chi connectivity index (χ1v) is 9.92. The van der Waals surface area contributed by atoms with Gasteiger partial charge in [-0.3, -0.25) is 25.1 Å². The van der Waals surface area contributed by atoms with Gasteiger partial charge in [-0.05, 0) is 6.07 Å². The van der Waals surface area contributed by atoms with Crippen molar-refractivity contribution in [1.82, 2.24) is 9.21 Å². The molecule has 2 aromatic carbocycles. The molecule has 11 heteroatoms. The number of nitro groups is 2. The average molecular weight is 406 g/mol. The van der Waals surface area contributed by atoms with Crippen molar-refractivity contribution >= 4 is 21.4 Å². The molecule has 0 spiro atoms. The smallest absolute Gasteiger partial charge is 0.273 e. The van der Waals surface area contributed by atoms with E-state index in [1.165, 1.54) is 28.6 Å². The summed E-state index contributed by atoms with van der Waals surface area (Å²) >= 11 is 0. The van der Waals surface area contributed by atoms with Crippen LogP contribution in [0.15, 0.2) is 53.4 Å². The van der Waals surface area contributed by atoms with Crippen molar-refractivity contribution in [2.45, 2.75) is 11.4 Å². The minimum Gasteiger partial charge on any atom is -0.296 e. The molecule has 1 fully saturated rings. The van der Waals surface area contributed by atoms with Crippen LogP contribution < -0.4 is 0 Å². The molecule has 0 radical (unpaired) electrons. The number of piperazine rings is 1. The SMILES string of the molecule is O=[N+]([O-])c1cccc(S(=O)(=O)N2CCN(Cc3ccccc3[N+](=O)[O-])CC2)c1. The fourth-order valence-electron chi connectivity index (χ4n) is 3.10. The highest BCUT2D eigenvalue weighted by atomic mass is 32.2. The van der Waals surface area contributed by atoms with Crippen LogP contribution in [-0.4, -0.2) is 53.6 Å². The van der Waals surface area contributed by atoms with Crippen molar-refractivity contribution in [3.8, 4) is 0 Å². The van der Waals surface area contributed by atoms with Gasteiger partial charge in [0.05, 0.1) is 14.7 Å². The number of benzene rings is 2. The second-order valence-electron chi connectivity index (χ2n) is 6.32. The molecule has 0 saturated carbocycles. The summed E-state index contributed by atoms with van der Waals surface area (Å²) in [5, 5.41) is 22.0. The summed E-state index contributed by atoms with van der Waals surface area (Å²) in [6.07, 6.45) is 0. The number of hydrogen-bond donors (Lipinski definition) is 0. The molecule has 1 saturated heterocycles. The van der Waals surface area contributed by atoms with Crippen LogP contribution in [0.25, 0.3) is 0 Å². The van der Waals surface area contributed by atoms with Gasteiger partial charge in [-0.2, -0.15) is 4.31 Å². The van der Waals surface area contributed by atoms with Gasteiger partial charge in [-0.25, -0.2) is 8.42 Å². The molecule has 28 heavy (non-hydrogen) atoms. The summed E-state index contributed by atoms with van der Waals surface area (Å²) in [5.74, 6) is 0. The number of para-hydroxylation sites is 1. The van der Waals surface area contributed by atoms with E-state index in [4.69, 9.17) is 0 Å². The molecular formula is C17H18N4O6S. The van der Waals surface area contributed by atoms with E-state index >= 15 is 0 Å². The van der Waals surface area contributed by atoms with E-state index < -0.39 is 19.9 Å². The maximum atomic E-state index is 12.8. The molecule has 0 atom stereocenters. The highest BCUT2D eigenvalue weighted by Gasteiger charge is 2.30. The van der Waals surface area contributed by atoms with E-state index in [-0.39, 0.29) is 29.4 Å². The van der Waals surface area contributed by atoms with Crippen LogP contribution in [0, 0.1) is 20.2 Å². The number of non-ortho nitro benzene ring substituents is 1. The Kier molecular flexibility index (Phi) is 5.68. The lowest BCUT2D eigenvalue weighted by molar-refractivity contribution is -0.385. The van der Waals surface area contributed by atoms with Crippen LogP contribution in [-0.2, 0) is 16.6 Å². The van der Waals surface area contributed by atoms with Crippen molar-refractivity contribution in [3.05, 3.63) is 74.3 Å². The van der Waals surface area contributed by atoms with Gasteiger partial charge in [-0.1, -0.05) is 24.3 Å². The van der Waals surface area contributed by atoms with Crippen LogP contribution in [0.3, 0.4) is 0 Å². The van der Waals surface area contributed by atoms with Gasteiger partial charge >= 0.3 is 0 Å². The first-order chi connectivity index (χ1) is 13.3. The van der Waals surface area contributed by atoms with Gasteiger partial charge < -0.3 is 0 Å². The van der Waals surface area contributed by atoms with Crippen LogP contribution in [0.2, 0.25) is 0 Å². The summed E-state index contributed by atoms with van der Waals surface area (Å²) in [5.41, 5.74) is 0.327. The normalized spacial score (nSPS) is 16.0. The molecule has 2 aromatic rings. The van der Waals surface area contributed by atoms with Crippen molar-refractivity contribution in [3.63, 3.8) is 0 Å². The Morgan fingerprint density at radius 1 is 0.893 bits per heavy atom. The van der Waals surface area contributed by atoms with Crippen LogP contribution >= 0.6 is 0 Å². The standard InChI is InChI=1S/C17H18N4O6S/c22-20(23)15-5-3-6-16(12-15)28(26,27)19-10-8-18(9-11-19)13-14-4-1-2-7-17(14)21(24)25/h1-7,12H,8-11,13H2. The quantitative estimate of drug-likeness (QED) is 0.530. The Morgan fingerprint density at radius 2 is 1.57 bits per heavy atom. The third-order valence-corrected chi connectivity index (χ3v) is 6.47. The van der Waals surface area contributed by atoms with Gasteiger partial charge in [-0.15, -0.1) is 0 Å². The largest absolute Gasteiger partial charge is 0.296 e. The van der Waals surface area contributed by atoms with Gasteiger partial charge in [0.2, 0.25) is 10.0 Å². The third kappa shape index (κ3) is 4.16. The Morgan fingerprint density at radius 3 is 2.21 bits per heavy atom. The van der Waals surface area contributed by atoms with Gasteiger partial charge in [0.15, 0.2) is 0 Å². The molecule has 3 rings (SSSR count). The highest BCUT2D eigenvalue weighted by Crippen LogP contribution is 2.24. The minimum atomic E-state index is -3.84. The molecule has 0 unspecified atom stereocenters. The van der Waals surface area contributed by atoms with Crippen LogP contribution in [0.1, 0.15) is 5.56 Å². The number of nitrogens with zero attached hydrogens (tertiary/aromatic N) is 4. The zero-order valence-corrected chi connectivity index (χ0v) is 15.6. The molecule has 0 aromatic heterocycles. The molecule has 0 N–H and O–H groups in total. The molecule has 1 aliphatic rings. The summed E-state index contributed by atoms with van der Waals surface area (Å²) in [7, 11) is -3.84. The maximum Gasteiger partial charge on any atom is 0.273 e.